The fourth-order valence-electron chi connectivity index (χ4n) is 3.23. The average Bonchev–Trinajstić information content (AvgIpc) is 3.00. The van der Waals surface area contributed by atoms with Crippen LogP contribution in [0.25, 0.3) is 11.3 Å². The van der Waals surface area contributed by atoms with E-state index in [1.54, 1.807) is 6.92 Å². The Morgan fingerprint density at radius 2 is 2.00 bits per heavy atom. The predicted molar refractivity (Wildman–Crippen MR) is 93.3 cm³/mol. The molecule has 1 atom stereocenters. The van der Waals surface area contributed by atoms with Gasteiger partial charge in [0.1, 0.15) is 5.75 Å². The number of benzene rings is 1. The molecule has 132 valence electrons. The third-order valence-corrected chi connectivity index (χ3v) is 4.54. The maximum atomic E-state index is 12.0. The number of carboxylic acids is 1. The van der Waals surface area contributed by atoms with Gasteiger partial charge >= 0.3 is 5.97 Å². The number of aromatic hydroxyl groups is 1. The Balaban J connectivity index is 2.02. The molecule has 0 radical (unpaired) electrons. The van der Waals surface area contributed by atoms with Gasteiger partial charge in [0.25, 0.3) is 5.56 Å². The van der Waals surface area contributed by atoms with Crippen molar-refractivity contribution in [2.45, 2.75) is 25.9 Å². The van der Waals surface area contributed by atoms with Crippen LogP contribution in [-0.2, 0) is 6.42 Å². The average molecular weight is 344 g/mol. The SMILES string of the molecule is CCc1c(-c2ccc(N3CC[C@@H](O)C3)cc2)[nH]c(=O)c(C(=O)O)c1O. The standard InChI is InChI=1S/C18H20N2O5/c1-2-13-15(19-17(23)14(16(13)22)18(24)25)10-3-5-11(6-4-10)20-8-7-12(21)9-20/h3-6,12,21H,2,7-9H2,1H3,(H,24,25)(H2,19,22,23)/t12-/m1/s1. The van der Waals surface area contributed by atoms with Crippen LogP contribution >= 0.6 is 0 Å². The molecule has 0 amide bonds. The van der Waals surface area contributed by atoms with E-state index in [4.69, 9.17) is 5.11 Å². The highest BCUT2D eigenvalue weighted by atomic mass is 16.4. The quantitative estimate of drug-likeness (QED) is 0.670. The smallest absolute Gasteiger partial charge is 0.345 e. The molecule has 1 aliphatic rings. The van der Waals surface area contributed by atoms with E-state index in [1.807, 2.05) is 24.3 Å². The van der Waals surface area contributed by atoms with Crippen LogP contribution in [0.5, 0.6) is 5.75 Å². The normalized spacial score (nSPS) is 17.0. The van der Waals surface area contributed by atoms with Crippen LogP contribution in [-0.4, -0.2) is 45.5 Å². The summed E-state index contributed by atoms with van der Waals surface area (Å²) in [5, 5.41) is 28.9. The number of aliphatic hydroxyl groups is 1. The summed E-state index contributed by atoms with van der Waals surface area (Å²) in [4.78, 5) is 27.8. The molecule has 2 heterocycles. The zero-order valence-electron chi connectivity index (χ0n) is 13.8. The summed E-state index contributed by atoms with van der Waals surface area (Å²) in [7, 11) is 0. The first-order chi connectivity index (χ1) is 11.9. The molecule has 7 heteroatoms. The lowest BCUT2D eigenvalue weighted by atomic mass is 10.0. The van der Waals surface area contributed by atoms with Crippen LogP contribution in [0.4, 0.5) is 5.69 Å². The minimum Gasteiger partial charge on any atom is -0.506 e. The number of carbonyl (C=O) groups is 1. The molecule has 1 aromatic heterocycles. The number of aromatic carboxylic acids is 1. The van der Waals surface area contributed by atoms with Gasteiger partial charge in [0.05, 0.1) is 11.8 Å². The minimum atomic E-state index is -1.46. The molecule has 4 N–H and O–H groups in total. The second kappa shape index (κ2) is 6.60. The van der Waals surface area contributed by atoms with E-state index < -0.39 is 22.8 Å². The molecule has 0 spiro atoms. The van der Waals surface area contributed by atoms with Gasteiger partial charge < -0.3 is 25.2 Å². The molecule has 1 aromatic carbocycles. The second-order valence-corrected chi connectivity index (χ2v) is 6.13. The number of pyridine rings is 1. The largest absolute Gasteiger partial charge is 0.506 e. The molecule has 1 fully saturated rings. The first-order valence-electron chi connectivity index (χ1n) is 8.17. The van der Waals surface area contributed by atoms with Gasteiger partial charge in [0, 0.05) is 24.3 Å². The van der Waals surface area contributed by atoms with E-state index in [9.17, 15) is 19.8 Å². The van der Waals surface area contributed by atoms with Crippen molar-refractivity contribution in [1.82, 2.24) is 4.98 Å². The number of β-amino-alcohol motifs (C(OH)–C–C–N with tert-alkyl or cyclic N) is 1. The van der Waals surface area contributed by atoms with Gasteiger partial charge in [-0.05, 0) is 30.5 Å². The van der Waals surface area contributed by atoms with Crippen molar-refractivity contribution in [2.24, 2.45) is 0 Å². The summed E-state index contributed by atoms with van der Waals surface area (Å²) in [5.74, 6) is -1.94. The number of nitrogens with zero attached hydrogens (tertiary/aromatic N) is 1. The summed E-state index contributed by atoms with van der Waals surface area (Å²) in [6.45, 7) is 3.15. The fraction of sp³-hybridized carbons (Fsp3) is 0.333. The fourth-order valence-corrected chi connectivity index (χ4v) is 3.23. The Labute approximate surface area is 144 Å². The van der Waals surface area contributed by atoms with Crippen LogP contribution in [0.3, 0.4) is 0 Å². The van der Waals surface area contributed by atoms with E-state index in [0.717, 1.165) is 18.7 Å². The Hall–Kier alpha value is -2.80. The predicted octanol–water partition coefficient (Wildman–Crippen LogP) is 1.58. The van der Waals surface area contributed by atoms with Gasteiger partial charge in [-0.25, -0.2) is 4.79 Å². The van der Waals surface area contributed by atoms with Crippen molar-refractivity contribution in [3.63, 3.8) is 0 Å². The zero-order valence-corrected chi connectivity index (χ0v) is 13.8. The van der Waals surface area contributed by atoms with Crippen molar-refractivity contribution < 1.29 is 20.1 Å². The lowest BCUT2D eigenvalue weighted by molar-refractivity contribution is 0.0691. The van der Waals surface area contributed by atoms with Gasteiger partial charge in [0.15, 0.2) is 5.56 Å². The molecule has 1 saturated heterocycles. The van der Waals surface area contributed by atoms with E-state index in [1.165, 1.54) is 0 Å². The zero-order chi connectivity index (χ0) is 18.1. The first-order valence-corrected chi connectivity index (χ1v) is 8.17. The summed E-state index contributed by atoms with van der Waals surface area (Å²) >= 11 is 0. The summed E-state index contributed by atoms with van der Waals surface area (Å²) in [6, 6.07) is 7.38. The molecule has 3 rings (SSSR count). The topological polar surface area (TPSA) is 114 Å². The van der Waals surface area contributed by atoms with E-state index >= 15 is 0 Å². The Kier molecular flexibility index (Phi) is 4.50. The summed E-state index contributed by atoms with van der Waals surface area (Å²) in [6.07, 6.45) is 0.793. The number of rotatable bonds is 4. The van der Waals surface area contributed by atoms with Crippen LogP contribution in [0, 0.1) is 0 Å². The highest BCUT2D eigenvalue weighted by Crippen LogP contribution is 2.31. The van der Waals surface area contributed by atoms with E-state index in [-0.39, 0.29) is 6.10 Å². The number of hydrogen-bond donors (Lipinski definition) is 4. The van der Waals surface area contributed by atoms with Gasteiger partial charge in [-0.15, -0.1) is 0 Å². The molecule has 0 bridgehead atoms. The Morgan fingerprint density at radius 1 is 1.32 bits per heavy atom. The number of nitrogens with one attached hydrogen (secondary N) is 1. The van der Waals surface area contributed by atoms with Crippen molar-refractivity contribution in [1.29, 1.82) is 0 Å². The number of hydrogen-bond acceptors (Lipinski definition) is 5. The van der Waals surface area contributed by atoms with Crippen molar-refractivity contribution >= 4 is 11.7 Å². The molecule has 25 heavy (non-hydrogen) atoms. The molecule has 2 aromatic rings. The van der Waals surface area contributed by atoms with Gasteiger partial charge in [0.2, 0.25) is 0 Å². The molecule has 0 saturated carbocycles. The lowest BCUT2D eigenvalue weighted by Gasteiger charge is -2.18. The van der Waals surface area contributed by atoms with Crippen LogP contribution in [0.15, 0.2) is 29.1 Å². The van der Waals surface area contributed by atoms with Crippen molar-refractivity contribution in [3.05, 3.63) is 45.7 Å². The van der Waals surface area contributed by atoms with Gasteiger partial charge in [-0.1, -0.05) is 19.1 Å². The maximum Gasteiger partial charge on any atom is 0.345 e. The molecule has 0 unspecified atom stereocenters. The molecule has 1 aliphatic heterocycles. The molecular formula is C18H20N2O5. The minimum absolute atomic E-state index is 0.316. The van der Waals surface area contributed by atoms with Crippen molar-refractivity contribution in [3.8, 4) is 17.0 Å². The number of anilines is 1. The number of aromatic amines is 1. The molecule has 7 nitrogen and oxygen atoms in total. The van der Waals surface area contributed by atoms with Crippen LogP contribution < -0.4 is 10.5 Å². The number of aromatic nitrogens is 1. The summed E-state index contributed by atoms with van der Waals surface area (Å²) < 4.78 is 0. The number of carboxylic acid groups (broad SMARTS) is 1. The molecule has 0 aliphatic carbocycles. The Morgan fingerprint density at radius 3 is 2.52 bits per heavy atom. The highest BCUT2D eigenvalue weighted by Gasteiger charge is 2.23. The third-order valence-electron chi connectivity index (χ3n) is 4.54. The molecular weight excluding hydrogens is 324 g/mol. The van der Waals surface area contributed by atoms with E-state index in [2.05, 4.69) is 9.88 Å². The van der Waals surface area contributed by atoms with Crippen LogP contribution in [0.1, 0.15) is 29.3 Å². The highest BCUT2D eigenvalue weighted by molar-refractivity contribution is 5.92. The lowest BCUT2D eigenvalue weighted by Crippen LogP contribution is -2.21. The van der Waals surface area contributed by atoms with Crippen LogP contribution in [0.2, 0.25) is 0 Å². The third kappa shape index (κ3) is 3.10. The first kappa shape index (κ1) is 17.0. The maximum absolute atomic E-state index is 12.0. The van der Waals surface area contributed by atoms with Gasteiger partial charge in [-0.2, -0.15) is 0 Å². The second-order valence-electron chi connectivity index (χ2n) is 6.13. The van der Waals surface area contributed by atoms with Crippen molar-refractivity contribution in [2.75, 3.05) is 18.0 Å². The van der Waals surface area contributed by atoms with Gasteiger partial charge in [-0.3, -0.25) is 4.79 Å². The summed E-state index contributed by atoms with van der Waals surface area (Å²) in [5.41, 5.74) is 0.994. The number of aliphatic hydroxyl groups excluding tert-OH is 1. The number of H-pyrrole nitrogens is 1. The Bertz CT molecular complexity index is 857. The van der Waals surface area contributed by atoms with E-state index in [0.29, 0.717) is 29.8 Å². The monoisotopic (exact) mass is 344 g/mol.